The van der Waals surface area contributed by atoms with Gasteiger partial charge in [-0.3, -0.25) is 4.79 Å². The summed E-state index contributed by atoms with van der Waals surface area (Å²) in [5.74, 6) is 0.283. The van der Waals surface area contributed by atoms with E-state index >= 15 is 0 Å². The van der Waals surface area contributed by atoms with E-state index in [1.54, 1.807) is 36.4 Å². The first-order valence-electron chi connectivity index (χ1n) is 7.19. The van der Waals surface area contributed by atoms with Crippen molar-refractivity contribution in [3.63, 3.8) is 0 Å². The lowest BCUT2D eigenvalue weighted by atomic mass is 10.2. The Hall–Kier alpha value is -2.73. The van der Waals surface area contributed by atoms with Gasteiger partial charge in [-0.05, 0) is 36.8 Å². The fourth-order valence-corrected chi connectivity index (χ4v) is 2.25. The van der Waals surface area contributed by atoms with Gasteiger partial charge in [0, 0.05) is 29.4 Å². The molecule has 0 unspecified atom stereocenters. The predicted molar refractivity (Wildman–Crippen MR) is 96.1 cm³/mol. The average molecular weight is 348 g/mol. The highest BCUT2D eigenvalue weighted by Crippen LogP contribution is 2.31. The Labute approximate surface area is 145 Å². The van der Waals surface area contributed by atoms with E-state index in [4.69, 9.17) is 16.3 Å². The maximum absolute atomic E-state index is 12.2. The number of hydrogen-bond acceptors (Lipinski definition) is 3. The van der Waals surface area contributed by atoms with Crippen LogP contribution >= 0.6 is 11.6 Å². The summed E-state index contributed by atoms with van der Waals surface area (Å²) < 4.78 is 5.22. The van der Waals surface area contributed by atoms with Gasteiger partial charge in [-0.15, -0.1) is 0 Å². The molecule has 6 nitrogen and oxygen atoms in total. The average Bonchev–Trinajstić information content (AvgIpc) is 2.50. The molecule has 2 rings (SSSR count). The number of amides is 3. The van der Waals surface area contributed by atoms with Crippen LogP contribution in [0, 0.1) is 6.92 Å². The molecule has 24 heavy (non-hydrogen) atoms. The van der Waals surface area contributed by atoms with E-state index < -0.39 is 6.03 Å². The number of ether oxygens (including phenoxy) is 1. The number of hydrogen-bond donors (Lipinski definition) is 3. The molecule has 0 bridgehead atoms. The third-order valence-electron chi connectivity index (χ3n) is 3.17. The molecule has 0 heterocycles. The molecule has 0 aliphatic heterocycles. The highest BCUT2D eigenvalue weighted by molar-refractivity contribution is 6.31. The lowest BCUT2D eigenvalue weighted by molar-refractivity contribution is -0.114. The molecule has 2 aromatic carbocycles. The highest BCUT2D eigenvalue weighted by atomic mass is 35.5. The monoisotopic (exact) mass is 347 g/mol. The summed E-state index contributed by atoms with van der Waals surface area (Å²) >= 11 is 6.05. The van der Waals surface area contributed by atoms with Gasteiger partial charge >= 0.3 is 6.03 Å². The van der Waals surface area contributed by atoms with Crippen LogP contribution in [0.2, 0.25) is 5.02 Å². The van der Waals surface area contributed by atoms with Crippen LogP contribution in [-0.4, -0.2) is 19.0 Å². The van der Waals surface area contributed by atoms with Gasteiger partial charge in [0.05, 0.1) is 12.8 Å². The van der Waals surface area contributed by atoms with Crippen LogP contribution in [0.5, 0.6) is 5.75 Å². The molecule has 0 saturated carbocycles. The number of nitrogens with one attached hydrogen (secondary N) is 3. The summed E-state index contributed by atoms with van der Waals surface area (Å²) in [6, 6.07) is 9.78. The standard InChI is InChI=1S/C17H18ClN3O3/c1-10-7-15(16(24-3)9-14(10)18)21-17(23)20-13-6-4-5-12(8-13)19-11(2)22/h4-9H,1-3H3,(H,19,22)(H2,20,21,23). The van der Waals surface area contributed by atoms with Gasteiger partial charge in [-0.2, -0.15) is 0 Å². The molecule has 0 aliphatic carbocycles. The summed E-state index contributed by atoms with van der Waals surface area (Å²) in [4.78, 5) is 23.3. The minimum Gasteiger partial charge on any atom is -0.495 e. The lowest BCUT2D eigenvalue weighted by Crippen LogP contribution is -2.20. The summed E-state index contributed by atoms with van der Waals surface area (Å²) in [6.07, 6.45) is 0. The topological polar surface area (TPSA) is 79.5 Å². The van der Waals surface area contributed by atoms with E-state index in [-0.39, 0.29) is 5.91 Å². The van der Waals surface area contributed by atoms with Gasteiger partial charge in [-0.1, -0.05) is 17.7 Å². The fourth-order valence-electron chi connectivity index (χ4n) is 2.09. The van der Waals surface area contributed by atoms with E-state index in [9.17, 15) is 9.59 Å². The maximum Gasteiger partial charge on any atom is 0.323 e. The van der Waals surface area contributed by atoms with Crippen LogP contribution in [0.1, 0.15) is 12.5 Å². The van der Waals surface area contributed by atoms with E-state index in [1.807, 2.05) is 6.92 Å². The van der Waals surface area contributed by atoms with Crippen LogP contribution in [-0.2, 0) is 4.79 Å². The molecule has 0 atom stereocenters. The number of methoxy groups -OCH3 is 1. The minimum atomic E-state index is -0.435. The number of aryl methyl sites for hydroxylation is 1. The number of carbonyl (C=O) groups excluding carboxylic acids is 2. The summed E-state index contributed by atoms with van der Waals surface area (Å²) in [7, 11) is 1.50. The summed E-state index contributed by atoms with van der Waals surface area (Å²) in [6.45, 7) is 3.25. The minimum absolute atomic E-state index is 0.182. The molecule has 7 heteroatoms. The van der Waals surface area contributed by atoms with Crippen molar-refractivity contribution < 1.29 is 14.3 Å². The number of carbonyl (C=O) groups is 2. The van der Waals surface area contributed by atoms with E-state index in [1.165, 1.54) is 14.0 Å². The second-order valence-electron chi connectivity index (χ2n) is 5.14. The molecule has 0 spiro atoms. The first-order chi connectivity index (χ1) is 11.4. The molecular formula is C17H18ClN3O3. The van der Waals surface area contributed by atoms with Gasteiger partial charge in [0.15, 0.2) is 0 Å². The zero-order valence-electron chi connectivity index (χ0n) is 13.6. The summed E-state index contributed by atoms with van der Waals surface area (Å²) in [5, 5.41) is 8.63. The Morgan fingerprint density at radius 1 is 1.04 bits per heavy atom. The Bertz CT molecular complexity index is 778. The molecule has 0 aromatic heterocycles. The lowest BCUT2D eigenvalue weighted by Gasteiger charge is -2.13. The fraction of sp³-hybridized carbons (Fsp3) is 0.176. The van der Waals surface area contributed by atoms with Crippen LogP contribution in [0.25, 0.3) is 0 Å². The molecule has 0 saturated heterocycles. The zero-order chi connectivity index (χ0) is 17.7. The Morgan fingerprint density at radius 2 is 1.71 bits per heavy atom. The van der Waals surface area contributed by atoms with Crippen molar-refractivity contribution in [2.75, 3.05) is 23.1 Å². The number of rotatable bonds is 4. The van der Waals surface area contributed by atoms with E-state index in [0.717, 1.165) is 5.56 Å². The van der Waals surface area contributed by atoms with Crippen molar-refractivity contribution in [3.8, 4) is 5.75 Å². The van der Waals surface area contributed by atoms with E-state index in [0.29, 0.717) is 27.8 Å². The van der Waals surface area contributed by atoms with Gasteiger partial charge in [-0.25, -0.2) is 4.79 Å². The zero-order valence-corrected chi connectivity index (χ0v) is 14.3. The molecule has 3 amide bonds. The van der Waals surface area contributed by atoms with Gasteiger partial charge < -0.3 is 20.7 Å². The Balaban J connectivity index is 2.11. The number of benzene rings is 2. The number of halogens is 1. The first-order valence-corrected chi connectivity index (χ1v) is 7.56. The van der Waals surface area contributed by atoms with Crippen LogP contribution in [0.3, 0.4) is 0 Å². The second-order valence-corrected chi connectivity index (χ2v) is 5.55. The molecule has 0 aliphatic rings. The van der Waals surface area contributed by atoms with Gasteiger partial charge in [0.25, 0.3) is 0 Å². The molecule has 3 N–H and O–H groups in total. The number of anilines is 3. The molecular weight excluding hydrogens is 330 g/mol. The first kappa shape index (κ1) is 17.6. The SMILES string of the molecule is COc1cc(Cl)c(C)cc1NC(=O)Nc1cccc(NC(C)=O)c1. The predicted octanol–water partition coefficient (Wildman–Crippen LogP) is 4.26. The summed E-state index contributed by atoms with van der Waals surface area (Å²) in [5.41, 5.74) is 2.47. The third-order valence-corrected chi connectivity index (χ3v) is 3.58. The highest BCUT2D eigenvalue weighted by Gasteiger charge is 2.10. The van der Waals surface area contributed by atoms with Crippen molar-refractivity contribution in [3.05, 3.63) is 47.0 Å². The molecule has 0 fully saturated rings. The Morgan fingerprint density at radius 3 is 2.33 bits per heavy atom. The van der Waals surface area contributed by atoms with Crippen molar-refractivity contribution in [1.29, 1.82) is 0 Å². The third kappa shape index (κ3) is 4.63. The maximum atomic E-state index is 12.2. The number of urea groups is 1. The molecule has 126 valence electrons. The quantitative estimate of drug-likeness (QED) is 0.773. The molecule has 0 radical (unpaired) electrons. The van der Waals surface area contributed by atoms with Crippen LogP contribution in [0.4, 0.5) is 21.9 Å². The van der Waals surface area contributed by atoms with Crippen molar-refractivity contribution in [1.82, 2.24) is 0 Å². The van der Waals surface area contributed by atoms with Gasteiger partial charge in [0.2, 0.25) is 5.91 Å². The molecule has 2 aromatic rings. The van der Waals surface area contributed by atoms with Crippen molar-refractivity contribution in [2.24, 2.45) is 0 Å². The Kier molecular flexibility index (Phi) is 5.65. The van der Waals surface area contributed by atoms with Crippen LogP contribution < -0.4 is 20.7 Å². The normalized spacial score (nSPS) is 10.0. The van der Waals surface area contributed by atoms with Gasteiger partial charge in [0.1, 0.15) is 5.75 Å². The second kappa shape index (κ2) is 7.70. The van der Waals surface area contributed by atoms with Crippen molar-refractivity contribution >= 4 is 40.6 Å². The van der Waals surface area contributed by atoms with Crippen LogP contribution in [0.15, 0.2) is 36.4 Å². The van der Waals surface area contributed by atoms with E-state index in [2.05, 4.69) is 16.0 Å². The largest absolute Gasteiger partial charge is 0.495 e. The smallest absolute Gasteiger partial charge is 0.323 e. The van der Waals surface area contributed by atoms with Crippen molar-refractivity contribution in [2.45, 2.75) is 13.8 Å².